The number of ether oxygens (including phenoxy) is 1. The molecule has 1 heterocycles. The lowest BCUT2D eigenvalue weighted by molar-refractivity contribution is 0.112. The fraction of sp³-hybridized carbons (Fsp3) is 0.111. The molecule has 0 unspecified atom stereocenters. The van der Waals surface area contributed by atoms with Gasteiger partial charge in [0.05, 0.1) is 29.7 Å². The third kappa shape index (κ3) is 2.39. The van der Waals surface area contributed by atoms with Crippen molar-refractivity contribution in [2.24, 2.45) is 0 Å². The van der Waals surface area contributed by atoms with Crippen molar-refractivity contribution >= 4 is 6.29 Å². The maximum atomic E-state index is 11.5. The highest BCUT2D eigenvalue weighted by Crippen LogP contribution is 2.30. The highest BCUT2D eigenvalue weighted by Gasteiger charge is 2.17. The van der Waals surface area contributed by atoms with Gasteiger partial charge in [0.1, 0.15) is 5.75 Å². The SMILES string of the molecule is COc1cccc(-c2c(C=O)c(C)nn2-c2ccccc2)c1. The Hall–Kier alpha value is -2.88. The molecule has 0 atom stereocenters. The number of para-hydroxylation sites is 1. The Kier molecular flexibility index (Phi) is 3.74. The van der Waals surface area contributed by atoms with E-state index in [1.165, 1.54) is 0 Å². The largest absolute Gasteiger partial charge is 0.497 e. The molecule has 3 rings (SSSR count). The zero-order valence-electron chi connectivity index (χ0n) is 12.5. The van der Waals surface area contributed by atoms with E-state index < -0.39 is 0 Å². The van der Waals surface area contributed by atoms with Crippen molar-refractivity contribution in [3.8, 4) is 22.7 Å². The van der Waals surface area contributed by atoms with Gasteiger partial charge >= 0.3 is 0 Å². The number of aromatic nitrogens is 2. The summed E-state index contributed by atoms with van der Waals surface area (Å²) in [4.78, 5) is 11.5. The molecule has 0 radical (unpaired) electrons. The molecule has 0 N–H and O–H groups in total. The Bertz CT molecular complexity index is 807. The molecule has 0 aliphatic heterocycles. The van der Waals surface area contributed by atoms with Gasteiger partial charge in [0, 0.05) is 5.56 Å². The van der Waals surface area contributed by atoms with Crippen molar-refractivity contribution in [3.63, 3.8) is 0 Å². The Morgan fingerprint density at radius 3 is 2.55 bits per heavy atom. The minimum Gasteiger partial charge on any atom is -0.497 e. The number of carbonyl (C=O) groups excluding carboxylic acids is 1. The third-order valence-corrected chi connectivity index (χ3v) is 3.57. The van der Waals surface area contributed by atoms with E-state index in [9.17, 15) is 4.79 Å². The van der Waals surface area contributed by atoms with Crippen LogP contribution in [0.4, 0.5) is 0 Å². The van der Waals surface area contributed by atoms with Gasteiger partial charge in [0.15, 0.2) is 6.29 Å². The average Bonchev–Trinajstić information content (AvgIpc) is 2.92. The zero-order valence-corrected chi connectivity index (χ0v) is 12.5. The zero-order chi connectivity index (χ0) is 15.5. The van der Waals surface area contributed by atoms with Crippen molar-refractivity contribution in [3.05, 3.63) is 65.9 Å². The summed E-state index contributed by atoms with van der Waals surface area (Å²) in [7, 11) is 1.62. The van der Waals surface area contributed by atoms with Gasteiger partial charge in [-0.15, -0.1) is 0 Å². The number of hydrogen-bond acceptors (Lipinski definition) is 3. The number of hydrogen-bond donors (Lipinski definition) is 0. The highest BCUT2D eigenvalue weighted by molar-refractivity contribution is 5.88. The first-order chi connectivity index (χ1) is 10.7. The first-order valence-corrected chi connectivity index (χ1v) is 6.99. The van der Waals surface area contributed by atoms with E-state index in [-0.39, 0.29) is 0 Å². The van der Waals surface area contributed by atoms with Gasteiger partial charge in [0.2, 0.25) is 0 Å². The quantitative estimate of drug-likeness (QED) is 0.689. The lowest BCUT2D eigenvalue weighted by Crippen LogP contribution is -2.00. The van der Waals surface area contributed by atoms with Crippen molar-refractivity contribution < 1.29 is 9.53 Å². The van der Waals surface area contributed by atoms with Crippen molar-refractivity contribution in [1.29, 1.82) is 0 Å². The fourth-order valence-corrected chi connectivity index (χ4v) is 2.48. The molecule has 0 spiro atoms. The van der Waals surface area contributed by atoms with Crippen LogP contribution in [0.1, 0.15) is 16.1 Å². The first kappa shape index (κ1) is 14.1. The molecule has 2 aromatic carbocycles. The molecule has 0 amide bonds. The van der Waals surface area contributed by atoms with Crippen LogP contribution < -0.4 is 4.74 Å². The smallest absolute Gasteiger partial charge is 0.154 e. The van der Waals surface area contributed by atoms with Gasteiger partial charge in [-0.25, -0.2) is 4.68 Å². The second-order valence-corrected chi connectivity index (χ2v) is 4.94. The number of carbonyl (C=O) groups is 1. The molecule has 0 aliphatic carbocycles. The standard InChI is InChI=1S/C18H16N2O2/c1-13-17(12-21)18(14-7-6-10-16(11-14)22-2)20(19-13)15-8-4-3-5-9-15/h3-12H,1-2H3. The Balaban J connectivity index is 2.27. The van der Waals surface area contributed by atoms with Crippen LogP contribution in [0.5, 0.6) is 5.75 Å². The summed E-state index contributed by atoms with van der Waals surface area (Å²) < 4.78 is 7.08. The van der Waals surface area contributed by atoms with Gasteiger partial charge in [0.25, 0.3) is 0 Å². The molecular formula is C18H16N2O2. The van der Waals surface area contributed by atoms with E-state index in [0.29, 0.717) is 11.3 Å². The van der Waals surface area contributed by atoms with E-state index in [1.807, 2.05) is 61.5 Å². The molecule has 22 heavy (non-hydrogen) atoms. The predicted molar refractivity (Wildman–Crippen MR) is 85.7 cm³/mol. The number of nitrogens with zero attached hydrogens (tertiary/aromatic N) is 2. The number of methoxy groups -OCH3 is 1. The molecule has 4 heteroatoms. The molecule has 0 saturated carbocycles. The van der Waals surface area contributed by atoms with Gasteiger partial charge in [-0.05, 0) is 31.2 Å². The molecular weight excluding hydrogens is 276 g/mol. The van der Waals surface area contributed by atoms with Gasteiger partial charge in [-0.1, -0.05) is 30.3 Å². The molecule has 110 valence electrons. The number of benzene rings is 2. The maximum absolute atomic E-state index is 11.5. The van der Waals surface area contributed by atoms with Crippen molar-refractivity contribution in [1.82, 2.24) is 9.78 Å². The predicted octanol–water partition coefficient (Wildman–Crippen LogP) is 3.67. The molecule has 3 aromatic rings. The second-order valence-electron chi connectivity index (χ2n) is 4.94. The monoisotopic (exact) mass is 292 g/mol. The van der Waals surface area contributed by atoms with E-state index in [0.717, 1.165) is 29.0 Å². The van der Waals surface area contributed by atoms with E-state index in [2.05, 4.69) is 5.10 Å². The summed E-state index contributed by atoms with van der Waals surface area (Å²) in [5.74, 6) is 0.743. The second kappa shape index (κ2) is 5.85. The van der Waals surface area contributed by atoms with Gasteiger partial charge < -0.3 is 4.74 Å². The lowest BCUT2D eigenvalue weighted by atomic mass is 10.1. The fourth-order valence-electron chi connectivity index (χ4n) is 2.48. The molecule has 0 fully saturated rings. The summed E-state index contributed by atoms with van der Waals surface area (Å²) in [5, 5.41) is 4.53. The number of aldehydes is 1. The van der Waals surface area contributed by atoms with Gasteiger partial charge in [-0.2, -0.15) is 5.10 Å². The summed E-state index contributed by atoms with van der Waals surface area (Å²) in [6, 6.07) is 17.4. The topological polar surface area (TPSA) is 44.1 Å². The maximum Gasteiger partial charge on any atom is 0.154 e. The molecule has 0 bridgehead atoms. The molecule has 1 aromatic heterocycles. The number of aryl methyl sites for hydroxylation is 1. The van der Waals surface area contributed by atoms with Crippen LogP contribution >= 0.6 is 0 Å². The van der Waals surface area contributed by atoms with Crippen LogP contribution in [0, 0.1) is 6.92 Å². The van der Waals surface area contributed by atoms with Crippen LogP contribution in [0.25, 0.3) is 16.9 Å². The minimum absolute atomic E-state index is 0.595. The first-order valence-electron chi connectivity index (χ1n) is 6.99. The Morgan fingerprint density at radius 2 is 1.86 bits per heavy atom. The third-order valence-electron chi connectivity index (χ3n) is 3.57. The average molecular weight is 292 g/mol. The van der Waals surface area contributed by atoms with Crippen LogP contribution in [0.15, 0.2) is 54.6 Å². The van der Waals surface area contributed by atoms with Crippen LogP contribution in [0.3, 0.4) is 0 Å². The summed E-state index contributed by atoms with van der Waals surface area (Å²) in [6.07, 6.45) is 0.858. The van der Waals surface area contributed by atoms with E-state index >= 15 is 0 Å². The summed E-state index contributed by atoms with van der Waals surface area (Å²) in [5.41, 5.74) is 3.88. The summed E-state index contributed by atoms with van der Waals surface area (Å²) >= 11 is 0. The number of rotatable bonds is 4. The van der Waals surface area contributed by atoms with Crippen LogP contribution in [0.2, 0.25) is 0 Å². The Morgan fingerprint density at radius 1 is 1.09 bits per heavy atom. The van der Waals surface area contributed by atoms with Crippen LogP contribution in [-0.2, 0) is 0 Å². The van der Waals surface area contributed by atoms with Crippen molar-refractivity contribution in [2.75, 3.05) is 7.11 Å². The molecule has 0 aliphatic rings. The highest BCUT2D eigenvalue weighted by atomic mass is 16.5. The van der Waals surface area contributed by atoms with Gasteiger partial charge in [-0.3, -0.25) is 4.79 Å². The van der Waals surface area contributed by atoms with E-state index in [1.54, 1.807) is 11.8 Å². The van der Waals surface area contributed by atoms with Crippen LogP contribution in [-0.4, -0.2) is 23.2 Å². The molecule has 4 nitrogen and oxygen atoms in total. The minimum atomic E-state index is 0.595. The molecule has 0 saturated heterocycles. The van der Waals surface area contributed by atoms with E-state index in [4.69, 9.17) is 4.74 Å². The normalized spacial score (nSPS) is 10.5. The summed E-state index contributed by atoms with van der Waals surface area (Å²) in [6.45, 7) is 1.84. The Labute approximate surface area is 129 Å². The lowest BCUT2D eigenvalue weighted by Gasteiger charge is -2.09. The van der Waals surface area contributed by atoms with Crippen molar-refractivity contribution in [2.45, 2.75) is 6.92 Å².